The van der Waals surface area contributed by atoms with Gasteiger partial charge in [0.2, 0.25) is 0 Å². The van der Waals surface area contributed by atoms with Crippen LogP contribution in [0.3, 0.4) is 0 Å². The van der Waals surface area contributed by atoms with Crippen molar-refractivity contribution in [3.8, 4) is 0 Å². The fourth-order valence-electron chi connectivity index (χ4n) is 2.47. The lowest BCUT2D eigenvalue weighted by Gasteiger charge is -2.06. The van der Waals surface area contributed by atoms with Crippen molar-refractivity contribution >= 4 is 0 Å². The number of hydrogen-bond donors (Lipinski definition) is 0. The number of allylic oxidation sites excluding steroid dienone is 2. The summed E-state index contributed by atoms with van der Waals surface area (Å²) in [5.74, 6) is 0.649. The Balaban J connectivity index is 3.32. The lowest BCUT2D eigenvalue weighted by atomic mass is 10.0. The number of rotatable bonds is 16. The summed E-state index contributed by atoms with van der Waals surface area (Å²) in [5, 5.41) is 0. The fraction of sp³-hybridized carbons (Fsp3) is 0.810. The molecule has 0 rings (SSSR count). The molecule has 0 aliphatic rings. The SMILES string of the molecule is CCCCC=CCCOC=CC(C)CCCCCCCCC. The van der Waals surface area contributed by atoms with Gasteiger partial charge < -0.3 is 4.74 Å². The molecule has 0 aromatic carbocycles. The van der Waals surface area contributed by atoms with Gasteiger partial charge in [-0.15, -0.1) is 0 Å². The summed E-state index contributed by atoms with van der Waals surface area (Å²) in [6.45, 7) is 7.61. The third kappa shape index (κ3) is 17.3. The van der Waals surface area contributed by atoms with Crippen molar-refractivity contribution in [1.29, 1.82) is 0 Å². The van der Waals surface area contributed by atoms with Crippen LogP contribution in [0.1, 0.15) is 97.8 Å². The van der Waals surface area contributed by atoms with E-state index in [1.807, 2.05) is 6.26 Å². The molecule has 130 valence electrons. The Labute approximate surface area is 140 Å². The molecule has 0 aromatic rings. The van der Waals surface area contributed by atoms with Crippen molar-refractivity contribution in [3.05, 3.63) is 24.5 Å². The predicted molar refractivity (Wildman–Crippen MR) is 100 cm³/mol. The van der Waals surface area contributed by atoms with Crippen LogP contribution in [0.15, 0.2) is 24.5 Å². The molecule has 1 atom stereocenters. The molecule has 0 bridgehead atoms. The zero-order chi connectivity index (χ0) is 16.3. The van der Waals surface area contributed by atoms with Crippen molar-refractivity contribution in [1.82, 2.24) is 0 Å². The van der Waals surface area contributed by atoms with E-state index in [9.17, 15) is 0 Å². The molecule has 0 heterocycles. The Bertz CT molecular complexity index is 255. The third-order valence-electron chi connectivity index (χ3n) is 4.06. The topological polar surface area (TPSA) is 9.23 Å². The van der Waals surface area contributed by atoms with Crippen LogP contribution >= 0.6 is 0 Å². The van der Waals surface area contributed by atoms with Crippen LogP contribution in [0.4, 0.5) is 0 Å². The van der Waals surface area contributed by atoms with E-state index in [2.05, 4.69) is 39.0 Å². The van der Waals surface area contributed by atoms with Crippen LogP contribution in [0.2, 0.25) is 0 Å². The van der Waals surface area contributed by atoms with Gasteiger partial charge in [0.1, 0.15) is 0 Å². The number of hydrogen-bond acceptors (Lipinski definition) is 1. The zero-order valence-corrected chi connectivity index (χ0v) is 15.5. The maximum atomic E-state index is 5.55. The molecule has 0 saturated heterocycles. The Morgan fingerprint density at radius 3 is 2.14 bits per heavy atom. The van der Waals surface area contributed by atoms with E-state index in [1.165, 1.54) is 70.6 Å². The van der Waals surface area contributed by atoms with Crippen LogP contribution in [0, 0.1) is 5.92 Å². The van der Waals surface area contributed by atoms with Gasteiger partial charge in [0, 0.05) is 0 Å². The van der Waals surface area contributed by atoms with Gasteiger partial charge in [0.05, 0.1) is 12.9 Å². The van der Waals surface area contributed by atoms with E-state index in [4.69, 9.17) is 4.74 Å². The second-order valence-corrected chi connectivity index (χ2v) is 6.49. The molecule has 0 aromatic heterocycles. The van der Waals surface area contributed by atoms with Gasteiger partial charge >= 0.3 is 0 Å². The molecule has 0 amide bonds. The number of unbranched alkanes of at least 4 members (excludes halogenated alkanes) is 8. The van der Waals surface area contributed by atoms with Gasteiger partial charge in [-0.2, -0.15) is 0 Å². The molecule has 0 saturated carbocycles. The zero-order valence-electron chi connectivity index (χ0n) is 15.5. The first kappa shape index (κ1) is 21.3. The van der Waals surface area contributed by atoms with Gasteiger partial charge in [-0.1, -0.05) is 90.7 Å². The van der Waals surface area contributed by atoms with E-state index in [-0.39, 0.29) is 0 Å². The summed E-state index contributed by atoms with van der Waals surface area (Å²) < 4.78 is 5.55. The van der Waals surface area contributed by atoms with Gasteiger partial charge in [-0.25, -0.2) is 0 Å². The van der Waals surface area contributed by atoms with Crippen molar-refractivity contribution in [2.24, 2.45) is 5.92 Å². The van der Waals surface area contributed by atoms with Gasteiger partial charge in [-0.05, 0) is 31.3 Å². The molecule has 0 spiro atoms. The Hall–Kier alpha value is -0.720. The Morgan fingerprint density at radius 2 is 1.41 bits per heavy atom. The van der Waals surface area contributed by atoms with E-state index in [0.29, 0.717) is 5.92 Å². The summed E-state index contributed by atoms with van der Waals surface area (Å²) in [5.41, 5.74) is 0. The predicted octanol–water partition coefficient (Wildman–Crippen LogP) is 7.43. The van der Waals surface area contributed by atoms with Crippen molar-refractivity contribution in [2.75, 3.05) is 6.61 Å². The second-order valence-electron chi connectivity index (χ2n) is 6.49. The van der Waals surface area contributed by atoms with Crippen LogP contribution in [-0.4, -0.2) is 6.61 Å². The summed E-state index contributed by atoms with van der Waals surface area (Å²) in [4.78, 5) is 0. The molecular formula is C21H40O. The summed E-state index contributed by atoms with van der Waals surface area (Å²) in [6.07, 6.45) is 24.5. The molecule has 22 heavy (non-hydrogen) atoms. The first-order valence-electron chi connectivity index (χ1n) is 9.74. The van der Waals surface area contributed by atoms with Crippen molar-refractivity contribution in [3.63, 3.8) is 0 Å². The van der Waals surface area contributed by atoms with Crippen molar-refractivity contribution in [2.45, 2.75) is 97.8 Å². The van der Waals surface area contributed by atoms with Gasteiger partial charge in [0.25, 0.3) is 0 Å². The summed E-state index contributed by atoms with van der Waals surface area (Å²) >= 11 is 0. The Morgan fingerprint density at radius 1 is 0.773 bits per heavy atom. The van der Waals surface area contributed by atoms with E-state index < -0.39 is 0 Å². The molecule has 0 fully saturated rings. The summed E-state index contributed by atoms with van der Waals surface area (Å²) in [6, 6.07) is 0. The summed E-state index contributed by atoms with van der Waals surface area (Å²) in [7, 11) is 0. The number of ether oxygens (including phenoxy) is 1. The normalized spacial score (nSPS) is 13.2. The molecule has 0 aliphatic carbocycles. The largest absolute Gasteiger partial charge is 0.501 e. The monoisotopic (exact) mass is 308 g/mol. The molecule has 1 heteroatoms. The highest BCUT2D eigenvalue weighted by Gasteiger charge is 1.97. The highest BCUT2D eigenvalue weighted by molar-refractivity contribution is 4.83. The van der Waals surface area contributed by atoms with Crippen LogP contribution in [0.5, 0.6) is 0 Å². The first-order chi connectivity index (χ1) is 10.8. The minimum atomic E-state index is 0.649. The van der Waals surface area contributed by atoms with Crippen LogP contribution in [-0.2, 0) is 4.74 Å². The third-order valence-corrected chi connectivity index (χ3v) is 4.06. The quantitative estimate of drug-likeness (QED) is 0.164. The van der Waals surface area contributed by atoms with E-state index >= 15 is 0 Å². The van der Waals surface area contributed by atoms with Gasteiger partial charge in [-0.3, -0.25) is 0 Å². The second kappa shape index (κ2) is 18.3. The van der Waals surface area contributed by atoms with Gasteiger partial charge in [0.15, 0.2) is 0 Å². The Kier molecular flexibility index (Phi) is 17.7. The standard InChI is InChI=1S/C21H40O/c1-4-6-8-10-12-13-15-17-21(3)18-20-22-19-16-14-11-9-7-5-2/h11,14,18,20-21H,4-10,12-13,15-17,19H2,1-3H3. The molecule has 1 unspecified atom stereocenters. The smallest absolute Gasteiger partial charge is 0.0907 e. The minimum absolute atomic E-state index is 0.649. The van der Waals surface area contributed by atoms with Crippen molar-refractivity contribution < 1.29 is 4.74 Å². The van der Waals surface area contributed by atoms with E-state index in [0.717, 1.165) is 13.0 Å². The first-order valence-corrected chi connectivity index (χ1v) is 9.74. The molecule has 0 aliphatic heterocycles. The highest BCUT2D eigenvalue weighted by Crippen LogP contribution is 2.13. The molecule has 1 nitrogen and oxygen atoms in total. The maximum Gasteiger partial charge on any atom is 0.0907 e. The fourth-order valence-corrected chi connectivity index (χ4v) is 2.47. The lowest BCUT2D eigenvalue weighted by Crippen LogP contribution is -1.91. The molecule has 0 radical (unpaired) electrons. The average molecular weight is 309 g/mol. The molecule has 0 N–H and O–H groups in total. The maximum absolute atomic E-state index is 5.55. The molecular weight excluding hydrogens is 268 g/mol. The van der Waals surface area contributed by atoms with E-state index in [1.54, 1.807) is 0 Å². The van der Waals surface area contributed by atoms with Crippen LogP contribution < -0.4 is 0 Å². The lowest BCUT2D eigenvalue weighted by molar-refractivity contribution is 0.253. The average Bonchev–Trinajstić information content (AvgIpc) is 2.52. The highest BCUT2D eigenvalue weighted by atomic mass is 16.5. The minimum Gasteiger partial charge on any atom is -0.501 e. The van der Waals surface area contributed by atoms with Crippen LogP contribution in [0.25, 0.3) is 0 Å².